The van der Waals surface area contributed by atoms with Crippen LogP contribution in [-0.4, -0.2) is 13.7 Å². The van der Waals surface area contributed by atoms with Crippen LogP contribution in [0.25, 0.3) is 5.57 Å². The predicted molar refractivity (Wildman–Crippen MR) is 55.4 cm³/mol. The molecule has 72 valence electrons. The molecule has 1 atom stereocenters. The summed E-state index contributed by atoms with van der Waals surface area (Å²) in [5.41, 5.74) is 3.44. The number of hydrogen-bond donors (Lipinski definition) is 0. The van der Waals surface area contributed by atoms with Crippen LogP contribution in [0.2, 0.25) is 0 Å². The molecular weight excluding hydrogens is 196 g/mol. The lowest BCUT2D eigenvalue weighted by Crippen LogP contribution is -2.33. The van der Waals surface area contributed by atoms with Gasteiger partial charge in [0.05, 0.1) is 5.25 Å². The van der Waals surface area contributed by atoms with Gasteiger partial charge in [-0.05, 0) is 29.5 Å². The molecule has 0 unspecified atom stereocenters. The van der Waals surface area contributed by atoms with Crippen LogP contribution in [0.3, 0.4) is 0 Å². The van der Waals surface area contributed by atoms with Crippen molar-refractivity contribution in [3.8, 4) is 0 Å². The molecular formula is C11H10O2S. The molecule has 2 nitrogen and oxygen atoms in total. The Labute approximate surface area is 83.2 Å². The van der Waals surface area contributed by atoms with Crippen molar-refractivity contribution >= 4 is 15.4 Å². The van der Waals surface area contributed by atoms with Crippen molar-refractivity contribution in [3.05, 3.63) is 40.8 Å². The molecule has 0 saturated carbocycles. The minimum absolute atomic E-state index is 0.211. The first-order valence-electron chi connectivity index (χ1n) is 4.72. The minimum atomic E-state index is -2.89. The van der Waals surface area contributed by atoms with E-state index in [1.165, 1.54) is 11.0 Å². The molecule has 14 heavy (non-hydrogen) atoms. The van der Waals surface area contributed by atoms with Crippen LogP contribution in [0.5, 0.6) is 0 Å². The Kier molecular flexibility index (Phi) is 1.46. The van der Waals surface area contributed by atoms with Gasteiger partial charge in [0.25, 0.3) is 0 Å². The average molecular weight is 206 g/mol. The van der Waals surface area contributed by atoms with Crippen molar-refractivity contribution in [3.63, 3.8) is 0 Å². The summed E-state index contributed by atoms with van der Waals surface area (Å²) >= 11 is 0. The molecule has 0 aromatic heterocycles. The lowest BCUT2D eigenvalue weighted by Gasteiger charge is -2.32. The summed E-state index contributed by atoms with van der Waals surface area (Å²) in [6.07, 6.45) is 1.64. The summed E-state index contributed by atoms with van der Waals surface area (Å²) in [5.74, 6) is 0. The van der Waals surface area contributed by atoms with Crippen molar-refractivity contribution < 1.29 is 8.42 Å². The van der Waals surface area contributed by atoms with Crippen LogP contribution >= 0.6 is 0 Å². The average Bonchev–Trinajstić information content (AvgIpc) is 2.16. The normalized spacial score (nSPS) is 26.9. The van der Waals surface area contributed by atoms with E-state index in [1.807, 2.05) is 18.2 Å². The van der Waals surface area contributed by atoms with Gasteiger partial charge in [-0.1, -0.05) is 24.3 Å². The van der Waals surface area contributed by atoms with Crippen molar-refractivity contribution in [1.82, 2.24) is 0 Å². The van der Waals surface area contributed by atoms with Crippen LogP contribution < -0.4 is 0 Å². The maximum absolute atomic E-state index is 11.4. The Morgan fingerprint density at radius 2 is 2.00 bits per heavy atom. The lowest BCUT2D eigenvalue weighted by atomic mass is 9.87. The van der Waals surface area contributed by atoms with Crippen molar-refractivity contribution in [2.75, 3.05) is 0 Å². The number of benzene rings is 1. The van der Waals surface area contributed by atoms with Crippen LogP contribution in [0, 0.1) is 0 Å². The van der Waals surface area contributed by atoms with Crippen LogP contribution in [0.4, 0.5) is 0 Å². The third-order valence-corrected chi connectivity index (χ3v) is 4.90. The molecule has 0 radical (unpaired) electrons. The molecule has 0 spiro atoms. The molecule has 1 aromatic rings. The van der Waals surface area contributed by atoms with Crippen molar-refractivity contribution in [1.29, 1.82) is 0 Å². The third kappa shape index (κ3) is 0.932. The quantitative estimate of drug-likeness (QED) is 0.648. The van der Waals surface area contributed by atoms with Crippen LogP contribution in [0.1, 0.15) is 17.5 Å². The fourth-order valence-corrected chi connectivity index (χ4v) is 3.88. The van der Waals surface area contributed by atoms with E-state index in [0.717, 1.165) is 24.0 Å². The first kappa shape index (κ1) is 8.24. The molecule has 0 amide bonds. The number of sulfone groups is 1. The van der Waals surface area contributed by atoms with E-state index in [1.54, 1.807) is 0 Å². The summed E-state index contributed by atoms with van der Waals surface area (Å²) in [7, 11) is -2.89. The Balaban J connectivity index is 2.23. The second-order valence-corrected chi connectivity index (χ2v) is 5.83. The maximum atomic E-state index is 11.4. The Hall–Kier alpha value is -1.09. The van der Waals surface area contributed by atoms with Gasteiger partial charge in [0, 0.05) is 5.41 Å². The SMILES string of the molecule is O=S1(=O)C=C2c3ccccc3CC[C@@H]21. The van der Waals surface area contributed by atoms with E-state index in [2.05, 4.69) is 6.07 Å². The molecule has 3 heteroatoms. The highest BCUT2D eigenvalue weighted by molar-refractivity contribution is 7.97. The molecule has 3 rings (SSSR count). The fourth-order valence-electron chi connectivity index (χ4n) is 2.30. The zero-order valence-electron chi connectivity index (χ0n) is 7.60. The Morgan fingerprint density at radius 3 is 2.79 bits per heavy atom. The molecule has 1 heterocycles. The zero-order valence-corrected chi connectivity index (χ0v) is 8.42. The predicted octanol–water partition coefficient (Wildman–Crippen LogP) is 1.77. The van der Waals surface area contributed by atoms with Gasteiger partial charge in [0.2, 0.25) is 0 Å². The van der Waals surface area contributed by atoms with Gasteiger partial charge in [-0.25, -0.2) is 8.42 Å². The monoisotopic (exact) mass is 206 g/mol. The standard InChI is InChI=1S/C11H10O2S/c12-14(13)7-10-9-4-2-1-3-8(9)5-6-11(10)14/h1-4,7,11H,5-6H2/t11-/m0/s1. The molecule has 0 fully saturated rings. The lowest BCUT2D eigenvalue weighted by molar-refractivity contribution is 0.587. The van der Waals surface area contributed by atoms with Gasteiger partial charge in [-0.3, -0.25) is 0 Å². The van der Waals surface area contributed by atoms with E-state index in [-0.39, 0.29) is 5.25 Å². The van der Waals surface area contributed by atoms with E-state index in [0.29, 0.717) is 0 Å². The topological polar surface area (TPSA) is 34.1 Å². The van der Waals surface area contributed by atoms with Gasteiger partial charge in [0.1, 0.15) is 0 Å². The molecule has 1 aliphatic carbocycles. The molecule has 0 saturated heterocycles. The molecule has 2 aliphatic rings. The number of hydrogen-bond acceptors (Lipinski definition) is 2. The van der Waals surface area contributed by atoms with E-state index in [9.17, 15) is 8.42 Å². The van der Waals surface area contributed by atoms with E-state index < -0.39 is 9.84 Å². The fraction of sp³-hybridized carbons (Fsp3) is 0.273. The van der Waals surface area contributed by atoms with E-state index >= 15 is 0 Å². The van der Waals surface area contributed by atoms with Crippen molar-refractivity contribution in [2.24, 2.45) is 0 Å². The Morgan fingerprint density at radius 1 is 1.21 bits per heavy atom. The summed E-state index contributed by atoms with van der Waals surface area (Å²) in [5, 5.41) is 1.22. The summed E-state index contributed by atoms with van der Waals surface area (Å²) in [6.45, 7) is 0. The van der Waals surface area contributed by atoms with Crippen LogP contribution in [0.15, 0.2) is 29.7 Å². The van der Waals surface area contributed by atoms with Gasteiger partial charge in [0.15, 0.2) is 9.84 Å². The minimum Gasteiger partial charge on any atom is -0.224 e. The molecule has 1 aliphatic heterocycles. The summed E-state index contributed by atoms with van der Waals surface area (Å²) < 4.78 is 22.8. The van der Waals surface area contributed by atoms with Gasteiger partial charge >= 0.3 is 0 Å². The second-order valence-electron chi connectivity index (χ2n) is 3.85. The van der Waals surface area contributed by atoms with Gasteiger partial charge < -0.3 is 0 Å². The third-order valence-electron chi connectivity index (χ3n) is 3.04. The molecule has 0 bridgehead atoms. The van der Waals surface area contributed by atoms with Crippen molar-refractivity contribution in [2.45, 2.75) is 18.1 Å². The highest BCUT2D eigenvalue weighted by Gasteiger charge is 2.40. The number of rotatable bonds is 0. The first-order chi connectivity index (χ1) is 6.68. The maximum Gasteiger partial charge on any atom is 0.178 e. The van der Waals surface area contributed by atoms with Crippen LogP contribution in [-0.2, 0) is 16.3 Å². The highest BCUT2D eigenvalue weighted by Crippen LogP contribution is 2.42. The largest absolute Gasteiger partial charge is 0.224 e. The Bertz CT molecular complexity index is 526. The van der Waals surface area contributed by atoms with Gasteiger partial charge in [-0.2, -0.15) is 0 Å². The van der Waals surface area contributed by atoms with Gasteiger partial charge in [-0.15, -0.1) is 0 Å². The highest BCUT2D eigenvalue weighted by atomic mass is 32.2. The molecule has 0 N–H and O–H groups in total. The number of fused-ring (bicyclic) bond motifs is 3. The summed E-state index contributed by atoms with van der Waals surface area (Å²) in [4.78, 5) is 0. The van der Waals surface area contributed by atoms with E-state index in [4.69, 9.17) is 0 Å². The summed E-state index contributed by atoms with van der Waals surface area (Å²) in [6, 6.07) is 8.07. The zero-order chi connectivity index (χ0) is 9.76. The first-order valence-corrected chi connectivity index (χ1v) is 6.33. The smallest absolute Gasteiger partial charge is 0.178 e. The second kappa shape index (κ2) is 2.48. The number of aryl methyl sites for hydroxylation is 1. The molecule has 1 aromatic carbocycles.